The van der Waals surface area contributed by atoms with E-state index in [0.717, 1.165) is 16.8 Å². The number of ether oxygens (including phenoxy) is 1. The van der Waals surface area contributed by atoms with E-state index in [1.54, 1.807) is 24.3 Å². The van der Waals surface area contributed by atoms with E-state index in [0.29, 0.717) is 41.8 Å². The Bertz CT molecular complexity index is 1200. The van der Waals surface area contributed by atoms with Gasteiger partial charge in [0.15, 0.2) is 0 Å². The number of benzene rings is 3. The highest BCUT2D eigenvalue weighted by atomic mass is 16.5. The van der Waals surface area contributed by atoms with Crippen LogP contribution >= 0.6 is 0 Å². The molecule has 0 aromatic heterocycles. The number of imide groups is 1. The van der Waals surface area contributed by atoms with Crippen molar-refractivity contribution >= 4 is 28.8 Å². The fourth-order valence-corrected chi connectivity index (χ4v) is 4.02. The van der Waals surface area contributed by atoms with Crippen LogP contribution in [0.3, 0.4) is 0 Å². The first-order chi connectivity index (χ1) is 16.4. The monoisotopic (exact) mass is 454 g/mol. The second-order valence-electron chi connectivity index (χ2n) is 8.81. The molecule has 0 unspecified atom stereocenters. The first kappa shape index (κ1) is 23.3. The molecule has 5 nitrogen and oxygen atoms in total. The van der Waals surface area contributed by atoms with Crippen LogP contribution in [0, 0.1) is 12.8 Å². The molecule has 0 N–H and O–H groups in total. The minimum Gasteiger partial charge on any atom is -0.493 e. The predicted molar refractivity (Wildman–Crippen MR) is 137 cm³/mol. The molecule has 0 saturated heterocycles. The summed E-state index contributed by atoms with van der Waals surface area (Å²) in [5, 5.41) is 0. The number of nitrogens with zero attached hydrogens (tertiary/aromatic N) is 2. The van der Waals surface area contributed by atoms with Crippen molar-refractivity contribution in [3.05, 3.63) is 95.7 Å². The third-order valence-corrected chi connectivity index (χ3v) is 5.73. The summed E-state index contributed by atoms with van der Waals surface area (Å²) in [7, 11) is 0. The second-order valence-corrected chi connectivity index (χ2v) is 8.81. The lowest BCUT2D eigenvalue weighted by molar-refractivity contribution is -0.120. The Morgan fingerprint density at radius 1 is 0.853 bits per heavy atom. The van der Waals surface area contributed by atoms with Crippen LogP contribution < -0.4 is 14.5 Å². The maximum absolute atomic E-state index is 13.8. The zero-order valence-corrected chi connectivity index (χ0v) is 20.1. The predicted octanol–water partition coefficient (Wildman–Crippen LogP) is 5.84. The van der Waals surface area contributed by atoms with E-state index in [9.17, 15) is 9.59 Å². The van der Waals surface area contributed by atoms with Gasteiger partial charge < -0.3 is 9.64 Å². The molecular formula is C29H30N2O3. The van der Waals surface area contributed by atoms with E-state index < -0.39 is 0 Å². The van der Waals surface area contributed by atoms with Crippen LogP contribution in [0.1, 0.15) is 31.9 Å². The molecule has 2 amide bonds. The Morgan fingerprint density at radius 3 is 2.09 bits per heavy atom. The van der Waals surface area contributed by atoms with Gasteiger partial charge in [0, 0.05) is 12.2 Å². The molecule has 174 valence electrons. The van der Waals surface area contributed by atoms with Crippen molar-refractivity contribution in [2.24, 2.45) is 5.92 Å². The molecule has 0 atom stereocenters. The SMILES string of the molecule is CCN(C1=C(c2ccc(C)cc2)C(=O)N(c2ccc(OCC(C)C)cc2)C1=O)c1ccccc1. The molecule has 0 aliphatic carbocycles. The van der Waals surface area contributed by atoms with Crippen LogP contribution in [0.4, 0.5) is 11.4 Å². The van der Waals surface area contributed by atoms with E-state index in [1.807, 2.05) is 73.3 Å². The van der Waals surface area contributed by atoms with E-state index in [4.69, 9.17) is 4.74 Å². The number of anilines is 2. The third kappa shape index (κ3) is 4.60. The number of rotatable bonds is 8. The number of amides is 2. The molecule has 0 spiro atoms. The molecule has 1 heterocycles. The van der Waals surface area contributed by atoms with Gasteiger partial charge >= 0.3 is 0 Å². The van der Waals surface area contributed by atoms with Crippen molar-refractivity contribution in [3.63, 3.8) is 0 Å². The van der Waals surface area contributed by atoms with Crippen LogP contribution in [0.5, 0.6) is 5.75 Å². The molecule has 5 heteroatoms. The Morgan fingerprint density at radius 2 is 1.50 bits per heavy atom. The van der Waals surface area contributed by atoms with Gasteiger partial charge in [-0.15, -0.1) is 0 Å². The highest BCUT2D eigenvalue weighted by Crippen LogP contribution is 2.37. The quantitative estimate of drug-likeness (QED) is 0.401. The van der Waals surface area contributed by atoms with Gasteiger partial charge in [-0.25, -0.2) is 4.90 Å². The topological polar surface area (TPSA) is 49.9 Å². The largest absolute Gasteiger partial charge is 0.493 e. The summed E-state index contributed by atoms with van der Waals surface area (Å²) in [6, 6.07) is 24.5. The van der Waals surface area contributed by atoms with Crippen LogP contribution in [-0.4, -0.2) is 25.0 Å². The van der Waals surface area contributed by atoms with Crippen molar-refractivity contribution in [3.8, 4) is 5.75 Å². The number of hydrogen-bond acceptors (Lipinski definition) is 4. The third-order valence-electron chi connectivity index (χ3n) is 5.73. The zero-order chi connectivity index (χ0) is 24.2. The fourth-order valence-electron chi connectivity index (χ4n) is 4.02. The van der Waals surface area contributed by atoms with Gasteiger partial charge in [-0.2, -0.15) is 0 Å². The molecule has 34 heavy (non-hydrogen) atoms. The summed E-state index contributed by atoms with van der Waals surface area (Å²) < 4.78 is 5.77. The number of carbonyl (C=O) groups is 2. The van der Waals surface area contributed by atoms with Crippen LogP contribution in [-0.2, 0) is 9.59 Å². The van der Waals surface area contributed by atoms with Gasteiger partial charge in [0.2, 0.25) is 0 Å². The maximum Gasteiger partial charge on any atom is 0.282 e. The molecular weight excluding hydrogens is 424 g/mol. The molecule has 1 aliphatic heterocycles. The Labute approximate surface area is 201 Å². The lowest BCUT2D eigenvalue weighted by Crippen LogP contribution is -2.35. The second kappa shape index (κ2) is 9.96. The molecule has 4 rings (SSSR count). The Balaban J connectivity index is 1.77. The molecule has 0 bridgehead atoms. The van der Waals surface area contributed by atoms with Crippen molar-refractivity contribution in [2.75, 3.05) is 23.0 Å². The smallest absolute Gasteiger partial charge is 0.282 e. The lowest BCUT2D eigenvalue weighted by atomic mass is 10.0. The minimum atomic E-state index is -0.331. The average molecular weight is 455 g/mol. The zero-order valence-electron chi connectivity index (χ0n) is 20.1. The normalized spacial score (nSPS) is 13.7. The maximum atomic E-state index is 13.8. The molecule has 0 fully saturated rings. The van der Waals surface area contributed by atoms with Gasteiger partial charge in [0.05, 0.1) is 17.9 Å². The molecule has 1 aliphatic rings. The summed E-state index contributed by atoms with van der Waals surface area (Å²) >= 11 is 0. The van der Waals surface area contributed by atoms with Gasteiger partial charge in [0.25, 0.3) is 11.8 Å². The first-order valence-corrected chi connectivity index (χ1v) is 11.7. The minimum absolute atomic E-state index is 0.325. The van der Waals surface area contributed by atoms with E-state index in [1.165, 1.54) is 4.90 Å². The molecule has 0 saturated carbocycles. The lowest BCUT2D eigenvalue weighted by Gasteiger charge is -2.25. The highest BCUT2D eigenvalue weighted by Gasteiger charge is 2.42. The van der Waals surface area contributed by atoms with Gasteiger partial charge in [-0.1, -0.05) is 61.9 Å². The molecule has 0 radical (unpaired) electrons. The first-order valence-electron chi connectivity index (χ1n) is 11.7. The number of carbonyl (C=O) groups excluding carboxylic acids is 2. The number of hydrogen-bond donors (Lipinski definition) is 0. The summed E-state index contributed by atoms with van der Waals surface area (Å²) in [6.45, 7) is 9.30. The Kier molecular flexibility index (Phi) is 6.82. The average Bonchev–Trinajstić information content (AvgIpc) is 3.10. The van der Waals surface area contributed by atoms with Crippen LogP contribution in [0.2, 0.25) is 0 Å². The van der Waals surface area contributed by atoms with E-state index in [-0.39, 0.29) is 11.8 Å². The van der Waals surface area contributed by atoms with Crippen molar-refractivity contribution in [1.29, 1.82) is 0 Å². The summed E-state index contributed by atoms with van der Waals surface area (Å²) in [6.07, 6.45) is 0. The van der Waals surface area contributed by atoms with Crippen LogP contribution in [0.25, 0.3) is 5.57 Å². The molecule has 3 aromatic rings. The summed E-state index contributed by atoms with van der Waals surface area (Å²) in [4.78, 5) is 30.7. The standard InChI is InChI=1S/C29H30N2O3/c1-5-30(23-9-7-6-8-10-23)27-26(22-13-11-21(4)12-14-22)28(32)31(29(27)33)24-15-17-25(18-16-24)34-19-20(2)3/h6-18,20H,5,19H2,1-4H3. The van der Waals surface area contributed by atoms with Crippen molar-refractivity contribution in [1.82, 2.24) is 0 Å². The van der Waals surface area contributed by atoms with Crippen molar-refractivity contribution in [2.45, 2.75) is 27.7 Å². The fraction of sp³-hybridized carbons (Fsp3) is 0.241. The van der Waals surface area contributed by atoms with Gasteiger partial charge in [-0.3, -0.25) is 9.59 Å². The van der Waals surface area contributed by atoms with Gasteiger partial charge in [-0.05, 0) is 61.7 Å². The molecule has 3 aromatic carbocycles. The van der Waals surface area contributed by atoms with Gasteiger partial charge in [0.1, 0.15) is 11.4 Å². The number of aryl methyl sites for hydroxylation is 1. The number of para-hydroxylation sites is 1. The highest BCUT2D eigenvalue weighted by molar-refractivity contribution is 6.46. The van der Waals surface area contributed by atoms with E-state index >= 15 is 0 Å². The van der Waals surface area contributed by atoms with E-state index in [2.05, 4.69) is 13.8 Å². The van der Waals surface area contributed by atoms with Crippen LogP contribution in [0.15, 0.2) is 84.6 Å². The van der Waals surface area contributed by atoms with Crippen molar-refractivity contribution < 1.29 is 14.3 Å². The summed E-state index contributed by atoms with van der Waals surface area (Å²) in [5.74, 6) is 0.461. The summed E-state index contributed by atoms with van der Waals surface area (Å²) in [5.41, 5.74) is 4.01. The number of likely N-dealkylation sites (N-methyl/N-ethyl adjacent to an activating group) is 1. The Hall–Kier alpha value is -3.86.